The van der Waals surface area contributed by atoms with E-state index in [4.69, 9.17) is 4.74 Å². The number of carbonyl (C=O) groups is 2. The third-order valence-corrected chi connectivity index (χ3v) is 11.7. The lowest BCUT2D eigenvalue weighted by atomic mass is 10.1. The molecule has 0 aromatic heterocycles. The van der Waals surface area contributed by atoms with Crippen LogP contribution in [0, 0.1) is 27.7 Å². The number of esters is 2. The van der Waals surface area contributed by atoms with Gasteiger partial charge in [0.25, 0.3) is 0 Å². The molecule has 0 spiro atoms. The summed E-state index contributed by atoms with van der Waals surface area (Å²) in [5.74, 6) is -1.20. The summed E-state index contributed by atoms with van der Waals surface area (Å²) < 4.78 is 5.35. The van der Waals surface area contributed by atoms with Crippen LogP contribution in [-0.2, 0) is 4.74 Å². The molecule has 1 heterocycles. The molecule has 1 aliphatic rings. The van der Waals surface area contributed by atoms with Crippen LogP contribution in [0.1, 0.15) is 43.0 Å². The van der Waals surface area contributed by atoms with E-state index >= 15 is 0 Å². The molecule has 1 aliphatic heterocycles. The van der Waals surface area contributed by atoms with Crippen LogP contribution < -0.4 is 0 Å². The topological polar surface area (TPSA) is 43.4 Å². The number of fused-ring (bicyclic) bond motifs is 1. The summed E-state index contributed by atoms with van der Waals surface area (Å²) in [5, 5.41) is 0. The third-order valence-electron chi connectivity index (χ3n) is 6.88. The molecule has 0 bridgehead atoms. The molecule has 6 rings (SSSR count). The monoisotopic (exact) mass is 636 g/mol. The van der Waals surface area contributed by atoms with E-state index in [0.717, 1.165) is 50.3 Å². The van der Waals surface area contributed by atoms with Crippen LogP contribution >= 0.6 is 47.0 Å². The number of aryl methyl sites for hydroxylation is 4. The summed E-state index contributed by atoms with van der Waals surface area (Å²) in [4.78, 5) is 34.3. The second-order valence-corrected chi connectivity index (χ2v) is 14.7. The lowest BCUT2D eigenvalue weighted by molar-refractivity contribution is 0.0441. The number of ether oxygens (including phenoxy) is 1. The zero-order valence-corrected chi connectivity index (χ0v) is 27.4. The molecule has 5 aromatic carbocycles. The maximum Gasteiger partial charge on any atom is 0.348 e. The minimum atomic E-state index is -0.599. The fraction of sp³-hybridized carbons (Fsp3) is 0.111. The fourth-order valence-electron chi connectivity index (χ4n) is 4.51. The van der Waals surface area contributed by atoms with Crippen molar-refractivity contribution in [1.82, 2.24) is 0 Å². The summed E-state index contributed by atoms with van der Waals surface area (Å²) >= 11 is 6.24. The van der Waals surface area contributed by atoms with Crippen LogP contribution in [0.2, 0.25) is 0 Å². The maximum atomic E-state index is 13.5. The zero-order valence-electron chi connectivity index (χ0n) is 24.1. The van der Waals surface area contributed by atoms with Crippen molar-refractivity contribution in [2.24, 2.45) is 0 Å². The molecule has 5 aromatic rings. The lowest BCUT2D eigenvalue weighted by Gasteiger charge is -2.21. The predicted molar refractivity (Wildman–Crippen MR) is 177 cm³/mol. The van der Waals surface area contributed by atoms with Crippen molar-refractivity contribution >= 4 is 59.0 Å². The van der Waals surface area contributed by atoms with Crippen molar-refractivity contribution in [3.63, 3.8) is 0 Å². The molecule has 0 saturated heterocycles. The van der Waals surface area contributed by atoms with Crippen molar-refractivity contribution in [3.05, 3.63) is 130 Å². The maximum absolute atomic E-state index is 13.5. The van der Waals surface area contributed by atoms with Gasteiger partial charge in [0.15, 0.2) is 0 Å². The smallest absolute Gasteiger partial charge is 0.348 e. The Kier molecular flexibility index (Phi) is 8.78. The van der Waals surface area contributed by atoms with Crippen LogP contribution in [0.4, 0.5) is 0 Å². The van der Waals surface area contributed by atoms with E-state index in [-0.39, 0.29) is 0 Å². The molecule has 0 radical (unpaired) electrons. The van der Waals surface area contributed by atoms with Gasteiger partial charge in [0.1, 0.15) is 0 Å². The van der Waals surface area contributed by atoms with Gasteiger partial charge in [0, 0.05) is 39.2 Å². The molecule has 0 unspecified atom stereocenters. The molecule has 214 valence electrons. The standard InChI is InChI=1S/C36H28O3S4/c1-21-5-13-25(14-6-21)40-31-29-30(36(38)39-35(29)37)32(41-26-15-7-22(2)8-16-26)34(43-28-19-11-24(4)12-20-28)33(31)42-27-17-9-23(3)10-18-27/h5-20H,1-4H3. The second kappa shape index (κ2) is 12.7. The highest BCUT2D eigenvalue weighted by molar-refractivity contribution is 8.05. The van der Waals surface area contributed by atoms with E-state index in [1.165, 1.54) is 34.7 Å². The molecule has 0 aliphatic carbocycles. The Bertz CT molecular complexity index is 1690. The van der Waals surface area contributed by atoms with Crippen LogP contribution in [0.3, 0.4) is 0 Å². The van der Waals surface area contributed by atoms with Crippen molar-refractivity contribution in [2.45, 2.75) is 66.9 Å². The van der Waals surface area contributed by atoms with Gasteiger partial charge in [-0.05, 0) is 76.2 Å². The SMILES string of the molecule is Cc1ccc(Sc2c(Sc3ccc(C)cc3)c(Sc3ccc(C)cc3)c3c(c2Sc2ccc(C)cc2)C(=O)OC3=O)cc1. The molecular formula is C36H28O3S4. The van der Waals surface area contributed by atoms with Crippen molar-refractivity contribution in [2.75, 3.05) is 0 Å². The van der Waals surface area contributed by atoms with Crippen molar-refractivity contribution < 1.29 is 14.3 Å². The van der Waals surface area contributed by atoms with Gasteiger partial charge in [0.05, 0.1) is 11.1 Å². The number of cyclic esters (lactones) is 2. The quantitative estimate of drug-likeness (QED) is 0.124. The normalized spacial score (nSPS) is 12.4. The number of rotatable bonds is 8. The van der Waals surface area contributed by atoms with Crippen LogP contribution in [0.5, 0.6) is 0 Å². The zero-order chi connectivity index (χ0) is 30.1. The van der Waals surface area contributed by atoms with E-state index in [2.05, 4.69) is 111 Å². The fourth-order valence-corrected chi connectivity index (χ4v) is 9.17. The van der Waals surface area contributed by atoms with Gasteiger partial charge in [-0.25, -0.2) is 9.59 Å². The first kappa shape index (κ1) is 29.7. The van der Waals surface area contributed by atoms with Crippen LogP contribution in [0.15, 0.2) is 136 Å². The Hall–Kier alpha value is -3.36. The minimum Gasteiger partial charge on any atom is -0.386 e. The second-order valence-electron chi connectivity index (χ2n) is 10.4. The van der Waals surface area contributed by atoms with Gasteiger partial charge >= 0.3 is 11.9 Å². The summed E-state index contributed by atoms with van der Waals surface area (Å²) in [6, 6.07) is 33.2. The minimum absolute atomic E-state index is 0.341. The van der Waals surface area contributed by atoms with E-state index < -0.39 is 11.9 Å². The third kappa shape index (κ3) is 6.60. The Labute approximate surface area is 269 Å². The molecule has 0 fully saturated rings. The van der Waals surface area contributed by atoms with E-state index in [1.807, 2.05) is 13.8 Å². The number of hydrogen-bond acceptors (Lipinski definition) is 7. The molecule has 0 amide bonds. The van der Waals surface area contributed by atoms with Gasteiger partial charge in [-0.2, -0.15) is 0 Å². The first-order chi connectivity index (χ1) is 20.7. The molecule has 3 nitrogen and oxygen atoms in total. The highest BCUT2D eigenvalue weighted by Crippen LogP contribution is 2.55. The van der Waals surface area contributed by atoms with E-state index in [0.29, 0.717) is 11.1 Å². The Morgan fingerprint density at radius 2 is 0.605 bits per heavy atom. The largest absolute Gasteiger partial charge is 0.386 e. The van der Waals surface area contributed by atoms with Crippen molar-refractivity contribution in [3.8, 4) is 0 Å². The predicted octanol–water partition coefficient (Wildman–Crippen LogP) is 10.8. The number of benzene rings is 5. The lowest BCUT2D eigenvalue weighted by Crippen LogP contribution is -2.03. The number of hydrogen-bond donors (Lipinski definition) is 0. The Balaban J connectivity index is 1.64. The average Bonchev–Trinajstić information content (AvgIpc) is 3.29. The first-order valence-corrected chi connectivity index (χ1v) is 17.0. The van der Waals surface area contributed by atoms with E-state index in [9.17, 15) is 9.59 Å². The highest BCUT2D eigenvalue weighted by Gasteiger charge is 2.40. The molecule has 0 N–H and O–H groups in total. The van der Waals surface area contributed by atoms with E-state index in [1.54, 1.807) is 23.5 Å². The summed E-state index contributed by atoms with van der Waals surface area (Å²) in [7, 11) is 0. The molecular weight excluding hydrogens is 609 g/mol. The Morgan fingerprint density at radius 1 is 0.372 bits per heavy atom. The number of carbonyl (C=O) groups excluding carboxylic acids is 2. The van der Waals surface area contributed by atoms with Gasteiger partial charge in [0.2, 0.25) is 0 Å². The molecule has 0 saturated carbocycles. The van der Waals surface area contributed by atoms with Gasteiger partial charge in [-0.3, -0.25) is 0 Å². The van der Waals surface area contributed by atoms with Gasteiger partial charge in [-0.1, -0.05) is 118 Å². The van der Waals surface area contributed by atoms with Crippen LogP contribution in [-0.4, -0.2) is 11.9 Å². The van der Waals surface area contributed by atoms with Crippen LogP contribution in [0.25, 0.3) is 0 Å². The first-order valence-electron chi connectivity index (χ1n) is 13.7. The summed E-state index contributed by atoms with van der Waals surface area (Å²) in [6.45, 7) is 8.24. The van der Waals surface area contributed by atoms with Gasteiger partial charge < -0.3 is 4.74 Å². The molecule has 43 heavy (non-hydrogen) atoms. The average molecular weight is 637 g/mol. The molecule has 0 atom stereocenters. The van der Waals surface area contributed by atoms with Crippen molar-refractivity contribution in [1.29, 1.82) is 0 Å². The van der Waals surface area contributed by atoms with Gasteiger partial charge in [-0.15, -0.1) is 0 Å². The Morgan fingerprint density at radius 3 is 0.860 bits per heavy atom. The highest BCUT2D eigenvalue weighted by atomic mass is 32.2. The summed E-state index contributed by atoms with van der Waals surface area (Å²) in [6.07, 6.45) is 0. The molecule has 7 heteroatoms. The summed E-state index contributed by atoms with van der Waals surface area (Å²) in [5.41, 5.74) is 5.33.